The standard InChI is InChI=1S/C17H16N2/c1-11-5-4-6-12-9-10-15(18)13-7-2-3-8-14(13)17(19)16(11)12/h2-8,18-19H,9-10H2,1H3. The Kier molecular flexibility index (Phi) is 2.79. The normalized spacial score (nSPS) is 14.4. The molecule has 0 unspecified atom stereocenters. The molecule has 19 heavy (non-hydrogen) atoms. The second-order valence-corrected chi connectivity index (χ2v) is 5.01. The minimum absolute atomic E-state index is 0.549. The molecule has 2 aromatic rings. The predicted octanol–water partition coefficient (Wildman–Crippen LogP) is 3.73. The van der Waals surface area contributed by atoms with Crippen molar-refractivity contribution in [2.24, 2.45) is 0 Å². The molecule has 0 heterocycles. The average Bonchev–Trinajstić information content (AvgIpc) is 2.43. The summed E-state index contributed by atoms with van der Waals surface area (Å²) in [7, 11) is 0. The number of rotatable bonds is 0. The molecule has 0 atom stereocenters. The van der Waals surface area contributed by atoms with E-state index in [0.717, 1.165) is 35.1 Å². The molecular weight excluding hydrogens is 232 g/mol. The van der Waals surface area contributed by atoms with Crippen LogP contribution in [0.25, 0.3) is 0 Å². The SMILES string of the molecule is Cc1cccc2c1C(=N)c1ccccc1C(=N)CC2. The molecule has 2 nitrogen and oxygen atoms in total. The Morgan fingerprint density at radius 2 is 1.58 bits per heavy atom. The van der Waals surface area contributed by atoms with Gasteiger partial charge in [0, 0.05) is 22.4 Å². The van der Waals surface area contributed by atoms with Gasteiger partial charge in [0.1, 0.15) is 0 Å². The molecule has 0 radical (unpaired) electrons. The van der Waals surface area contributed by atoms with E-state index >= 15 is 0 Å². The molecule has 0 saturated carbocycles. The Morgan fingerprint density at radius 3 is 2.37 bits per heavy atom. The summed E-state index contributed by atoms with van der Waals surface area (Å²) >= 11 is 0. The Hall–Kier alpha value is -2.22. The maximum Gasteiger partial charge on any atom is 0.0696 e. The van der Waals surface area contributed by atoms with Gasteiger partial charge in [-0.1, -0.05) is 42.5 Å². The monoisotopic (exact) mass is 248 g/mol. The van der Waals surface area contributed by atoms with Crippen LogP contribution in [-0.4, -0.2) is 11.4 Å². The van der Waals surface area contributed by atoms with Crippen LogP contribution >= 0.6 is 0 Å². The zero-order valence-electron chi connectivity index (χ0n) is 11.0. The number of hydrogen-bond donors (Lipinski definition) is 2. The molecule has 2 N–H and O–H groups in total. The molecule has 1 aliphatic carbocycles. The van der Waals surface area contributed by atoms with Crippen LogP contribution in [0.5, 0.6) is 0 Å². The van der Waals surface area contributed by atoms with Crippen molar-refractivity contribution in [3.05, 3.63) is 70.3 Å². The molecule has 0 aromatic heterocycles. The molecule has 0 spiro atoms. The second-order valence-electron chi connectivity index (χ2n) is 5.01. The van der Waals surface area contributed by atoms with E-state index in [1.165, 1.54) is 5.56 Å². The van der Waals surface area contributed by atoms with Crippen LogP contribution in [0.1, 0.15) is 34.2 Å². The molecule has 1 aliphatic rings. The molecule has 0 amide bonds. The molecule has 2 heteroatoms. The third-order valence-corrected chi connectivity index (χ3v) is 3.77. The molecule has 2 aromatic carbocycles. The Labute approximate surface area is 113 Å². The highest BCUT2D eigenvalue weighted by Crippen LogP contribution is 2.25. The first-order valence-corrected chi connectivity index (χ1v) is 6.53. The van der Waals surface area contributed by atoms with Crippen LogP contribution in [0, 0.1) is 17.7 Å². The van der Waals surface area contributed by atoms with E-state index < -0.39 is 0 Å². The lowest BCUT2D eigenvalue weighted by Gasteiger charge is -2.20. The van der Waals surface area contributed by atoms with Crippen molar-refractivity contribution in [2.75, 3.05) is 0 Å². The van der Waals surface area contributed by atoms with E-state index in [4.69, 9.17) is 10.8 Å². The first-order valence-electron chi connectivity index (χ1n) is 6.53. The second kappa shape index (κ2) is 4.47. The Balaban J connectivity index is 2.28. The van der Waals surface area contributed by atoms with Crippen LogP contribution < -0.4 is 0 Å². The fourth-order valence-electron chi connectivity index (χ4n) is 2.79. The molecule has 0 bridgehead atoms. The Morgan fingerprint density at radius 1 is 0.842 bits per heavy atom. The Bertz CT molecular complexity index is 683. The van der Waals surface area contributed by atoms with Gasteiger partial charge >= 0.3 is 0 Å². The summed E-state index contributed by atoms with van der Waals surface area (Å²) in [5.41, 5.74) is 6.34. The van der Waals surface area contributed by atoms with Crippen molar-refractivity contribution in [1.82, 2.24) is 0 Å². The molecule has 0 fully saturated rings. The first-order chi connectivity index (χ1) is 9.18. The summed E-state index contributed by atoms with van der Waals surface area (Å²) in [5.74, 6) is 0. The fraction of sp³-hybridized carbons (Fsp3) is 0.176. The summed E-state index contributed by atoms with van der Waals surface area (Å²) in [5, 5.41) is 16.7. The predicted molar refractivity (Wildman–Crippen MR) is 78.7 cm³/mol. The van der Waals surface area contributed by atoms with E-state index in [2.05, 4.69) is 19.1 Å². The molecule has 94 valence electrons. The van der Waals surface area contributed by atoms with Gasteiger partial charge in [-0.25, -0.2) is 0 Å². The zero-order valence-corrected chi connectivity index (χ0v) is 11.0. The number of benzene rings is 2. The zero-order chi connectivity index (χ0) is 13.4. The van der Waals surface area contributed by atoms with Gasteiger partial charge in [-0.05, 0) is 30.9 Å². The lowest BCUT2D eigenvalue weighted by molar-refractivity contribution is 1.01. The van der Waals surface area contributed by atoms with Gasteiger partial charge in [0.2, 0.25) is 0 Å². The first kappa shape index (κ1) is 11.8. The summed E-state index contributed by atoms with van der Waals surface area (Å²) in [4.78, 5) is 0. The summed E-state index contributed by atoms with van der Waals surface area (Å²) in [6, 6.07) is 14.0. The van der Waals surface area contributed by atoms with Gasteiger partial charge < -0.3 is 5.41 Å². The van der Waals surface area contributed by atoms with E-state index in [9.17, 15) is 0 Å². The van der Waals surface area contributed by atoms with Gasteiger partial charge in [0.25, 0.3) is 0 Å². The molecular formula is C17H16N2. The number of fused-ring (bicyclic) bond motifs is 2. The smallest absolute Gasteiger partial charge is 0.0696 e. The van der Waals surface area contributed by atoms with Gasteiger partial charge in [0.05, 0.1) is 5.71 Å². The highest BCUT2D eigenvalue weighted by Gasteiger charge is 2.20. The average molecular weight is 248 g/mol. The van der Waals surface area contributed by atoms with Gasteiger partial charge in [-0.15, -0.1) is 0 Å². The summed E-state index contributed by atoms with van der Waals surface area (Å²) in [6.07, 6.45) is 1.58. The quantitative estimate of drug-likeness (QED) is 0.714. The number of nitrogens with one attached hydrogen (secondary N) is 2. The third-order valence-electron chi connectivity index (χ3n) is 3.77. The maximum atomic E-state index is 8.52. The minimum atomic E-state index is 0.549. The largest absolute Gasteiger partial charge is 0.305 e. The molecule has 0 aliphatic heterocycles. The van der Waals surface area contributed by atoms with Crippen LogP contribution in [0.15, 0.2) is 42.5 Å². The topological polar surface area (TPSA) is 47.7 Å². The minimum Gasteiger partial charge on any atom is -0.305 e. The third kappa shape index (κ3) is 1.89. The summed E-state index contributed by atoms with van der Waals surface area (Å²) in [6.45, 7) is 2.06. The van der Waals surface area contributed by atoms with Crippen LogP contribution in [0.2, 0.25) is 0 Å². The van der Waals surface area contributed by atoms with Crippen LogP contribution in [0.3, 0.4) is 0 Å². The van der Waals surface area contributed by atoms with Crippen molar-refractivity contribution in [2.45, 2.75) is 19.8 Å². The van der Waals surface area contributed by atoms with Crippen molar-refractivity contribution < 1.29 is 0 Å². The van der Waals surface area contributed by atoms with Gasteiger partial charge in [-0.2, -0.15) is 0 Å². The highest BCUT2D eigenvalue weighted by atomic mass is 14.5. The highest BCUT2D eigenvalue weighted by molar-refractivity contribution is 6.19. The maximum absolute atomic E-state index is 8.52. The van der Waals surface area contributed by atoms with Crippen molar-refractivity contribution in [3.8, 4) is 0 Å². The van der Waals surface area contributed by atoms with E-state index in [-0.39, 0.29) is 0 Å². The van der Waals surface area contributed by atoms with Gasteiger partial charge in [-0.3, -0.25) is 5.41 Å². The summed E-state index contributed by atoms with van der Waals surface area (Å²) < 4.78 is 0. The van der Waals surface area contributed by atoms with Crippen molar-refractivity contribution >= 4 is 11.4 Å². The van der Waals surface area contributed by atoms with Gasteiger partial charge in [0.15, 0.2) is 0 Å². The van der Waals surface area contributed by atoms with E-state index in [1.54, 1.807) is 0 Å². The van der Waals surface area contributed by atoms with E-state index in [1.807, 2.05) is 30.3 Å². The van der Waals surface area contributed by atoms with Crippen molar-refractivity contribution in [1.29, 1.82) is 10.8 Å². The lowest BCUT2D eigenvalue weighted by Crippen LogP contribution is -2.17. The van der Waals surface area contributed by atoms with Crippen molar-refractivity contribution in [3.63, 3.8) is 0 Å². The van der Waals surface area contributed by atoms with Crippen LogP contribution in [0.4, 0.5) is 0 Å². The number of aryl methyl sites for hydroxylation is 2. The van der Waals surface area contributed by atoms with E-state index in [0.29, 0.717) is 11.4 Å². The van der Waals surface area contributed by atoms with Crippen LogP contribution in [-0.2, 0) is 6.42 Å². The number of hydrogen-bond acceptors (Lipinski definition) is 2. The lowest BCUT2D eigenvalue weighted by atomic mass is 9.84. The fourth-order valence-corrected chi connectivity index (χ4v) is 2.79. The molecule has 0 saturated heterocycles. The molecule has 3 rings (SSSR count).